The maximum Gasteiger partial charge on any atom is 0.230 e. The first-order chi connectivity index (χ1) is 8.79. The van der Waals surface area contributed by atoms with Crippen LogP contribution in [-0.4, -0.2) is 40.8 Å². The standard InChI is InChI=1S/C13H22N4O/c1-10-15-16-13(18-10)9-17-6-4-12(5-7-17)14-8-11-2-3-11/h11-12,14H,2-9H2,1H3. The molecule has 1 aromatic heterocycles. The summed E-state index contributed by atoms with van der Waals surface area (Å²) in [5.74, 6) is 2.38. The number of aryl methyl sites for hydroxylation is 1. The van der Waals surface area contributed by atoms with Crippen molar-refractivity contribution in [1.82, 2.24) is 20.4 Å². The Hall–Kier alpha value is -0.940. The average molecular weight is 250 g/mol. The van der Waals surface area contributed by atoms with Crippen LogP contribution in [0.3, 0.4) is 0 Å². The van der Waals surface area contributed by atoms with E-state index in [-0.39, 0.29) is 0 Å². The van der Waals surface area contributed by atoms with Crippen molar-refractivity contribution in [3.8, 4) is 0 Å². The van der Waals surface area contributed by atoms with Crippen molar-refractivity contribution in [2.45, 2.75) is 45.2 Å². The Morgan fingerprint density at radius 2 is 2.00 bits per heavy atom. The van der Waals surface area contributed by atoms with Crippen LogP contribution in [0.15, 0.2) is 4.42 Å². The maximum absolute atomic E-state index is 5.42. The van der Waals surface area contributed by atoms with Gasteiger partial charge in [0.25, 0.3) is 0 Å². The van der Waals surface area contributed by atoms with Gasteiger partial charge in [0.05, 0.1) is 6.54 Å². The molecule has 100 valence electrons. The molecule has 0 aromatic carbocycles. The van der Waals surface area contributed by atoms with Crippen LogP contribution in [0.5, 0.6) is 0 Å². The van der Waals surface area contributed by atoms with Gasteiger partial charge in [0.2, 0.25) is 11.8 Å². The van der Waals surface area contributed by atoms with Gasteiger partial charge < -0.3 is 9.73 Å². The van der Waals surface area contributed by atoms with E-state index in [1.165, 1.54) is 32.2 Å². The molecule has 1 aliphatic carbocycles. The van der Waals surface area contributed by atoms with Gasteiger partial charge in [-0.25, -0.2) is 0 Å². The summed E-state index contributed by atoms with van der Waals surface area (Å²) in [4.78, 5) is 2.41. The number of nitrogens with zero attached hydrogens (tertiary/aromatic N) is 3. The third-order valence-corrected chi connectivity index (χ3v) is 3.91. The Kier molecular flexibility index (Phi) is 3.61. The largest absolute Gasteiger partial charge is 0.424 e. The lowest BCUT2D eigenvalue weighted by atomic mass is 10.0. The molecule has 1 saturated carbocycles. The molecule has 1 saturated heterocycles. The van der Waals surface area contributed by atoms with Gasteiger partial charge in [-0.2, -0.15) is 0 Å². The third kappa shape index (κ3) is 3.29. The van der Waals surface area contributed by atoms with E-state index >= 15 is 0 Å². The zero-order chi connectivity index (χ0) is 12.4. The molecular weight excluding hydrogens is 228 g/mol. The van der Waals surface area contributed by atoms with Crippen molar-refractivity contribution < 1.29 is 4.42 Å². The van der Waals surface area contributed by atoms with Gasteiger partial charge in [0.15, 0.2) is 0 Å². The SMILES string of the molecule is Cc1nnc(CN2CCC(NCC3CC3)CC2)o1. The van der Waals surface area contributed by atoms with Crippen LogP contribution in [0.25, 0.3) is 0 Å². The summed E-state index contributed by atoms with van der Waals surface area (Å²) in [7, 11) is 0. The van der Waals surface area contributed by atoms with Crippen molar-refractivity contribution >= 4 is 0 Å². The minimum absolute atomic E-state index is 0.658. The zero-order valence-corrected chi connectivity index (χ0v) is 11.1. The molecule has 5 nitrogen and oxygen atoms in total. The smallest absolute Gasteiger partial charge is 0.230 e. The Balaban J connectivity index is 1.39. The number of aromatic nitrogens is 2. The quantitative estimate of drug-likeness (QED) is 0.854. The predicted molar refractivity (Wildman–Crippen MR) is 68.1 cm³/mol. The zero-order valence-electron chi connectivity index (χ0n) is 11.1. The maximum atomic E-state index is 5.42. The monoisotopic (exact) mass is 250 g/mol. The molecule has 1 aliphatic heterocycles. The molecule has 2 aliphatic rings. The number of piperidine rings is 1. The second-order valence-electron chi connectivity index (χ2n) is 5.62. The van der Waals surface area contributed by atoms with Crippen LogP contribution in [0.4, 0.5) is 0 Å². The third-order valence-electron chi connectivity index (χ3n) is 3.91. The van der Waals surface area contributed by atoms with E-state index in [0.29, 0.717) is 11.9 Å². The lowest BCUT2D eigenvalue weighted by Crippen LogP contribution is -2.42. The van der Waals surface area contributed by atoms with Gasteiger partial charge >= 0.3 is 0 Å². The molecular formula is C13H22N4O. The Morgan fingerprint density at radius 3 is 2.61 bits per heavy atom. The van der Waals surface area contributed by atoms with Gasteiger partial charge in [-0.05, 0) is 38.1 Å². The number of hydrogen-bond acceptors (Lipinski definition) is 5. The summed E-state index contributed by atoms with van der Waals surface area (Å²) in [5.41, 5.74) is 0. The van der Waals surface area contributed by atoms with Crippen LogP contribution in [0.1, 0.15) is 37.5 Å². The molecule has 0 amide bonds. The van der Waals surface area contributed by atoms with Crippen LogP contribution < -0.4 is 5.32 Å². The normalized spacial score (nSPS) is 22.5. The van der Waals surface area contributed by atoms with Crippen molar-refractivity contribution in [3.63, 3.8) is 0 Å². The highest BCUT2D eigenvalue weighted by molar-refractivity contribution is 4.84. The molecule has 18 heavy (non-hydrogen) atoms. The first-order valence-corrected chi connectivity index (χ1v) is 7.04. The minimum Gasteiger partial charge on any atom is -0.424 e. The summed E-state index contributed by atoms with van der Waals surface area (Å²) in [5, 5.41) is 11.6. The number of rotatable bonds is 5. The highest BCUT2D eigenvalue weighted by Gasteiger charge is 2.24. The number of hydrogen-bond donors (Lipinski definition) is 1. The summed E-state index contributed by atoms with van der Waals surface area (Å²) in [6.45, 7) is 6.13. The highest BCUT2D eigenvalue weighted by atomic mass is 16.4. The molecule has 0 radical (unpaired) electrons. The lowest BCUT2D eigenvalue weighted by Gasteiger charge is -2.31. The lowest BCUT2D eigenvalue weighted by molar-refractivity contribution is 0.175. The van der Waals surface area contributed by atoms with Gasteiger partial charge in [0, 0.05) is 26.1 Å². The van der Waals surface area contributed by atoms with Crippen LogP contribution in [-0.2, 0) is 6.54 Å². The molecule has 3 rings (SSSR count). The Labute approximate surface area is 108 Å². The molecule has 0 unspecified atom stereocenters. The fourth-order valence-electron chi connectivity index (χ4n) is 2.54. The Bertz CT molecular complexity index is 380. The van der Waals surface area contributed by atoms with Crippen molar-refractivity contribution in [3.05, 3.63) is 11.8 Å². The summed E-state index contributed by atoms with van der Waals surface area (Å²) < 4.78 is 5.42. The molecule has 5 heteroatoms. The van der Waals surface area contributed by atoms with Crippen molar-refractivity contribution in [1.29, 1.82) is 0 Å². The van der Waals surface area contributed by atoms with Gasteiger partial charge in [-0.15, -0.1) is 10.2 Å². The topological polar surface area (TPSA) is 54.2 Å². The molecule has 2 fully saturated rings. The van der Waals surface area contributed by atoms with Crippen molar-refractivity contribution in [2.24, 2.45) is 5.92 Å². The molecule has 2 heterocycles. The van der Waals surface area contributed by atoms with E-state index in [0.717, 1.165) is 31.4 Å². The summed E-state index contributed by atoms with van der Waals surface area (Å²) >= 11 is 0. The van der Waals surface area contributed by atoms with Crippen LogP contribution in [0.2, 0.25) is 0 Å². The van der Waals surface area contributed by atoms with E-state index in [2.05, 4.69) is 20.4 Å². The fraction of sp³-hybridized carbons (Fsp3) is 0.846. The van der Waals surface area contributed by atoms with Crippen molar-refractivity contribution in [2.75, 3.05) is 19.6 Å². The molecule has 0 spiro atoms. The number of nitrogens with one attached hydrogen (secondary N) is 1. The highest BCUT2D eigenvalue weighted by Crippen LogP contribution is 2.28. The van der Waals surface area contributed by atoms with E-state index in [4.69, 9.17) is 4.42 Å². The van der Waals surface area contributed by atoms with E-state index in [1.54, 1.807) is 0 Å². The van der Waals surface area contributed by atoms with Gasteiger partial charge in [-0.3, -0.25) is 4.90 Å². The van der Waals surface area contributed by atoms with Crippen LogP contribution >= 0.6 is 0 Å². The summed E-state index contributed by atoms with van der Waals surface area (Å²) in [6, 6.07) is 0.714. The first-order valence-electron chi connectivity index (χ1n) is 7.04. The second kappa shape index (κ2) is 5.36. The second-order valence-corrected chi connectivity index (χ2v) is 5.62. The van der Waals surface area contributed by atoms with Gasteiger partial charge in [0.1, 0.15) is 0 Å². The Morgan fingerprint density at radius 1 is 1.22 bits per heavy atom. The first kappa shape index (κ1) is 12.1. The fourth-order valence-corrected chi connectivity index (χ4v) is 2.54. The van der Waals surface area contributed by atoms with E-state index < -0.39 is 0 Å². The molecule has 1 N–H and O–H groups in total. The summed E-state index contributed by atoms with van der Waals surface area (Å²) in [6.07, 6.45) is 5.34. The molecule has 1 aromatic rings. The molecule has 0 atom stereocenters. The van der Waals surface area contributed by atoms with E-state index in [1.807, 2.05) is 6.92 Å². The van der Waals surface area contributed by atoms with Gasteiger partial charge in [-0.1, -0.05) is 0 Å². The van der Waals surface area contributed by atoms with E-state index in [9.17, 15) is 0 Å². The van der Waals surface area contributed by atoms with Crippen LogP contribution in [0, 0.1) is 12.8 Å². The average Bonchev–Trinajstić information content (AvgIpc) is 3.12. The molecule has 0 bridgehead atoms. The minimum atomic E-state index is 0.658. The predicted octanol–water partition coefficient (Wildman–Crippen LogP) is 1.34. The number of likely N-dealkylation sites (tertiary alicyclic amines) is 1.